The molecular formula is C36H41NO5. The van der Waals surface area contributed by atoms with Gasteiger partial charge in [0.1, 0.15) is 12.2 Å². The maximum atomic E-state index is 13.6. The number of esters is 2. The third kappa shape index (κ3) is 3.18. The van der Waals surface area contributed by atoms with Gasteiger partial charge in [0.05, 0.1) is 17.2 Å². The van der Waals surface area contributed by atoms with E-state index in [1.165, 1.54) is 0 Å². The summed E-state index contributed by atoms with van der Waals surface area (Å²) in [4.78, 5) is 29.9. The number of carbonyl (C=O) groups excluding carboxylic acids is 2. The molecule has 220 valence electrons. The maximum absolute atomic E-state index is 13.6. The summed E-state index contributed by atoms with van der Waals surface area (Å²) < 4.78 is 13.1. The molecule has 8 rings (SSSR count). The minimum atomic E-state index is -0.542. The molecule has 11 atom stereocenters. The Hall–Kier alpha value is -2.96. The average Bonchev–Trinajstić information content (AvgIpc) is 3.53. The second kappa shape index (κ2) is 9.03. The predicted octanol–water partition coefficient (Wildman–Crippen LogP) is 5.52. The Bertz CT molecular complexity index is 1440. The predicted molar refractivity (Wildman–Crippen MR) is 157 cm³/mol. The summed E-state index contributed by atoms with van der Waals surface area (Å²) in [5, 5.41) is 11.7. The molecule has 0 aromatic heterocycles. The van der Waals surface area contributed by atoms with Crippen LogP contribution in [0.5, 0.6) is 0 Å². The van der Waals surface area contributed by atoms with Crippen molar-refractivity contribution < 1.29 is 24.2 Å². The molecule has 5 aliphatic carbocycles. The number of carbonyl (C=O) groups is 2. The highest BCUT2D eigenvalue weighted by Crippen LogP contribution is 2.84. The van der Waals surface area contributed by atoms with Crippen molar-refractivity contribution in [3.63, 3.8) is 0 Å². The molecule has 0 radical (unpaired) electrons. The molecule has 2 aromatic carbocycles. The second-order valence-corrected chi connectivity index (χ2v) is 14.4. The topological polar surface area (TPSA) is 76.1 Å². The lowest BCUT2D eigenvalue weighted by atomic mass is 9.43. The standard InChI is InChI=1S/C36H41NO5/c1-4-37-20-34(3)16-15-29(41-32(39)22-11-7-5-8-12-22)36-27(34)17-25(30(36)37)35-19-24(26(38)18-28(35)36)21(2)31(35)42-33(40)23-13-9-6-10-14-23/h5-14,24-31,38H,2,4,15-20H2,1,3H3/t24-,25+,26+,27-,28-,29+,30-,31-,34+,35-,36+/m1/s1. The first-order chi connectivity index (χ1) is 20.3. The number of nitrogens with zero attached hydrogens (tertiary/aromatic N) is 1. The van der Waals surface area contributed by atoms with Crippen molar-refractivity contribution in [1.82, 2.24) is 4.90 Å². The van der Waals surface area contributed by atoms with Gasteiger partial charge in [-0.15, -0.1) is 0 Å². The summed E-state index contributed by atoms with van der Waals surface area (Å²) in [5.41, 5.74) is 1.48. The summed E-state index contributed by atoms with van der Waals surface area (Å²) in [5.74, 6) is 0.0763. The minimum Gasteiger partial charge on any atom is -0.458 e. The SMILES string of the molecule is C=C1[C@H]2C[C@]3([C@@H]1OC(=O)c1ccccc1)[C@@H](C[C@@H]2O)[C@@]12[C@@H](OC(=O)c4ccccc4)CC[C@@]4(C)CN(CC)[C@@H]1[C@@H]3C[C@H]42. The molecule has 1 aliphatic heterocycles. The summed E-state index contributed by atoms with van der Waals surface area (Å²) in [6.07, 6.45) is 3.07. The second-order valence-electron chi connectivity index (χ2n) is 14.4. The van der Waals surface area contributed by atoms with E-state index in [1.807, 2.05) is 48.5 Å². The van der Waals surface area contributed by atoms with E-state index >= 15 is 0 Å². The van der Waals surface area contributed by atoms with Crippen LogP contribution in [0.1, 0.15) is 66.7 Å². The Labute approximate surface area is 248 Å². The first-order valence-electron chi connectivity index (χ1n) is 15.9. The highest BCUT2D eigenvalue weighted by atomic mass is 16.6. The van der Waals surface area contributed by atoms with E-state index in [4.69, 9.17) is 9.47 Å². The third-order valence-corrected chi connectivity index (χ3v) is 13.0. The van der Waals surface area contributed by atoms with Crippen LogP contribution in [0.25, 0.3) is 0 Å². The number of aliphatic hydroxyl groups excluding tert-OH is 1. The van der Waals surface area contributed by atoms with Gasteiger partial charge in [-0.1, -0.05) is 56.8 Å². The maximum Gasteiger partial charge on any atom is 0.338 e. The molecule has 5 saturated carbocycles. The monoisotopic (exact) mass is 567 g/mol. The van der Waals surface area contributed by atoms with Crippen LogP contribution < -0.4 is 0 Å². The molecule has 1 N–H and O–H groups in total. The number of hydrogen-bond acceptors (Lipinski definition) is 6. The number of aliphatic hydroxyl groups is 1. The summed E-state index contributed by atoms with van der Waals surface area (Å²) >= 11 is 0. The number of fused-ring (bicyclic) bond motifs is 1. The number of hydrogen-bond donors (Lipinski definition) is 1. The molecule has 6 nitrogen and oxygen atoms in total. The van der Waals surface area contributed by atoms with E-state index in [9.17, 15) is 14.7 Å². The van der Waals surface area contributed by atoms with E-state index in [2.05, 4.69) is 25.3 Å². The van der Waals surface area contributed by atoms with Crippen LogP contribution in [0, 0.1) is 39.9 Å². The molecule has 42 heavy (non-hydrogen) atoms. The van der Waals surface area contributed by atoms with Crippen molar-refractivity contribution in [3.8, 4) is 0 Å². The first-order valence-corrected chi connectivity index (χ1v) is 15.9. The van der Waals surface area contributed by atoms with Crippen molar-refractivity contribution in [2.45, 2.75) is 70.3 Å². The highest BCUT2D eigenvalue weighted by molar-refractivity contribution is 5.90. The van der Waals surface area contributed by atoms with Gasteiger partial charge in [0.2, 0.25) is 0 Å². The van der Waals surface area contributed by atoms with E-state index in [0.29, 0.717) is 23.5 Å². The van der Waals surface area contributed by atoms with Gasteiger partial charge in [-0.05, 0) is 91.7 Å². The molecule has 0 unspecified atom stereocenters. The molecule has 0 amide bonds. The average molecular weight is 568 g/mol. The molecule has 6 aliphatic rings. The largest absolute Gasteiger partial charge is 0.458 e. The summed E-state index contributed by atoms with van der Waals surface area (Å²) in [7, 11) is 0. The summed E-state index contributed by atoms with van der Waals surface area (Å²) in [6, 6.07) is 18.8. The van der Waals surface area contributed by atoms with Crippen LogP contribution in [0.4, 0.5) is 0 Å². The number of likely N-dealkylation sites (tertiary alicyclic amines) is 1. The Kier molecular flexibility index (Phi) is 5.73. The highest BCUT2D eigenvalue weighted by Gasteiger charge is 2.86. The normalized spacial score (nSPS) is 44.5. The van der Waals surface area contributed by atoms with E-state index in [0.717, 1.165) is 44.3 Å². The third-order valence-electron chi connectivity index (χ3n) is 13.0. The molecule has 1 heterocycles. The fourth-order valence-corrected chi connectivity index (χ4v) is 11.8. The molecule has 6 heteroatoms. The van der Waals surface area contributed by atoms with Gasteiger partial charge >= 0.3 is 11.9 Å². The van der Waals surface area contributed by atoms with Crippen molar-refractivity contribution in [2.24, 2.45) is 39.9 Å². The quantitative estimate of drug-likeness (QED) is 0.379. The van der Waals surface area contributed by atoms with E-state index < -0.39 is 12.2 Å². The molecule has 7 bridgehead atoms. The molecule has 1 saturated heterocycles. The zero-order valence-corrected chi connectivity index (χ0v) is 24.6. The van der Waals surface area contributed by atoms with Gasteiger partial charge in [0.25, 0.3) is 0 Å². The van der Waals surface area contributed by atoms with E-state index in [-0.39, 0.29) is 58.1 Å². The van der Waals surface area contributed by atoms with Crippen molar-refractivity contribution in [2.75, 3.05) is 13.1 Å². The number of ether oxygens (including phenoxy) is 2. The molecule has 2 aromatic rings. The van der Waals surface area contributed by atoms with Gasteiger partial charge in [0.15, 0.2) is 0 Å². The van der Waals surface area contributed by atoms with Gasteiger partial charge in [-0.3, -0.25) is 4.90 Å². The number of benzene rings is 2. The van der Waals surface area contributed by atoms with Gasteiger partial charge < -0.3 is 14.6 Å². The van der Waals surface area contributed by atoms with Crippen LogP contribution >= 0.6 is 0 Å². The molecule has 6 fully saturated rings. The molecule has 2 spiro atoms. The van der Waals surface area contributed by atoms with Crippen molar-refractivity contribution in [1.29, 1.82) is 0 Å². The lowest BCUT2D eigenvalue weighted by molar-refractivity contribution is -0.218. The Morgan fingerprint density at radius 3 is 2.26 bits per heavy atom. The Balaban J connectivity index is 1.26. The van der Waals surface area contributed by atoms with Crippen molar-refractivity contribution >= 4 is 11.9 Å². The smallest absolute Gasteiger partial charge is 0.338 e. The van der Waals surface area contributed by atoms with Gasteiger partial charge in [0, 0.05) is 29.3 Å². The van der Waals surface area contributed by atoms with E-state index in [1.54, 1.807) is 12.1 Å². The fraction of sp³-hybridized carbons (Fsp3) is 0.556. The Morgan fingerprint density at radius 1 is 0.976 bits per heavy atom. The van der Waals surface area contributed by atoms with Crippen LogP contribution in [-0.2, 0) is 9.47 Å². The zero-order valence-electron chi connectivity index (χ0n) is 24.6. The molecular weight excluding hydrogens is 526 g/mol. The first kappa shape index (κ1) is 26.7. The Morgan fingerprint density at radius 2 is 1.62 bits per heavy atom. The zero-order chi connectivity index (χ0) is 29.0. The summed E-state index contributed by atoms with van der Waals surface area (Å²) in [6.45, 7) is 11.2. The fourth-order valence-electron chi connectivity index (χ4n) is 11.8. The number of piperidine rings is 1. The minimum absolute atomic E-state index is 0.0698. The van der Waals surface area contributed by atoms with Crippen LogP contribution in [-0.4, -0.2) is 59.4 Å². The van der Waals surface area contributed by atoms with Crippen LogP contribution in [0.3, 0.4) is 0 Å². The van der Waals surface area contributed by atoms with Crippen LogP contribution in [0.2, 0.25) is 0 Å². The van der Waals surface area contributed by atoms with Crippen LogP contribution in [0.15, 0.2) is 72.8 Å². The lowest BCUT2D eigenvalue weighted by Gasteiger charge is -2.65. The number of rotatable bonds is 5. The van der Waals surface area contributed by atoms with Crippen molar-refractivity contribution in [3.05, 3.63) is 83.9 Å². The van der Waals surface area contributed by atoms with Gasteiger partial charge in [-0.25, -0.2) is 9.59 Å². The van der Waals surface area contributed by atoms with Gasteiger partial charge in [-0.2, -0.15) is 0 Å². The lowest BCUT2D eigenvalue weighted by Crippen LogP contribution is -2.69.